The topological polar surface area (TPSA) is 81.9 Å². The summed E-state index contributed by atoms with van der Waals surface area (Å²) in [5.41, 5.74) is 7.33. The van der Waals surface area contributed by atoms with Gasteiger partial charge in [0.1, 0.15) is 11.7 Å². The van der Waals surface area contributed by atoms with Crippen molar-refractivity contribution in [3.8, 4) is 5.75 Å². The summed E-state index contributed by atoms with van der Waals surface area (Å²) in [6.45, 7) is 1.56. The van der Waals surface area contributed by atoms with Crippen molar-refractivity contribution >= 4 is 11.8 Å². The van der Waals surface area contributed by atoms with Crippen LogP contribution in [0.15, 0.2) is 35.9 Å². The number of carbonyl (C=O) groups is 2. The molecule has 1 aromatic carbocycles. The van der Waals surface area contributed by atoms with Crippen LogP contribution in [0.1, 0.15) is 50.0 Å². The van der Waals surface area contributed by atoms with E-state index in [1.165, 1.54) is 18.4 Å². The second-order valence-electron chi connectivity index (χ2n) is 8.67. The van der Waals surface area contributed by atoms with E-state index in [9.17, 15) is 9.59 Å². The maximum Gasteiger partial charge on any atom is 0.238 e. The molecule has 2 bridgehead atoms. The molecule has 3 heterocycles. The Bertz CT molecular complexity index is 866. The van der Waals surface area contributed by atoms with Crippen molar-refractivity contribution in [1.82, 2.24) is 4.90 Å². The molecule has 29 heavy (non-hydrogen) atoms. The summed E-state index contributed by atoms with van der Waals surface area (Å²) in [4.78, 5) is 27.9. The lowest BCUT2D eigenvalue weighted by molar-refractivity contribution is -0.227. The SMILES string of the molecule is NC(=O)C1C(=O)N(CCC2=CCCCC2)C23CCOCC2C1c1ccccc1O3. The number of likely N-dealkylation sites (tertiary alicyclic amines) is 1. The number of primary amides is 1. The first-order valence-electron chi connectivity index (χ1n) is 10.8. The van der Waals surface area contributed by atoms with E-state index < -0.39 is 17.6 Å². The van der Waals surface area contributed by atoms with E-state index in [1.54, 1.807) is 0 Å². The highest BCUT2D eigenvalue weighted by Crippen LogP contribution is 2.56. The van der Waals surface area contributed by atoms with Crippen LogP contribution < -0.4 is 10.5 Å². The number of piperidine rings is 1. The van der Waals surface area contributed by atoms with Gasteiger partial charge >= 0.3 is 0 Å². The van der Waals surface area contributed by atoms with E-state index in [1.807, 2.05) is 29.2 Å². The van der Waals surface area contributed by atoms with Gasteiger partial charge in [0.05, 0.1) is 19.1 Å². The van der Waals surface area contributed by atoms with Crippen LogP contribution in [0.4, 0.5) is 0 Å². The average Bonchev–Trinajstić information content (AvgIpc) is 2.73. The number of allylic oxidation sites excluding steroid dienone is 1. The first kappa shape index (κ1) is 18.7. The zero-order valence-corrected chi connectivity index (χ0v) is 16.6. The Hall–Kier alpha value is -2.34. The standard InChI is InChI=1S/C23H28N2O4/c24-21(26)20-19-16-8-4-5-9-18(16)29-23(11-13-28-14-17(19)23)25(22(20)27)12-10-15-6-2-1-3-7-15/h4-6,8-9,17,19-20H,1-3,7,10-14H2,(H2,24,26). The fourth-order valence-electron chi connectivity index (χ4n) is 5.81. The van der Waals surface area contributed by atoms with Gasteiger partial charge in [0.2, 0.25) is 11.8 Å². The lowest BCUT2D eigenvalue weighted by Crippen LogP contribution is -2.72. The van der Waals surface area contributed by atoms with Gasteiger partial charge in [-0.3, -0.25) is 9.59 Å². The predicted molar refractivity (Wildman–Crippen MR) is 107 cm³/mol. The Labute approximate surface area is 171 Å². The van der Waals surface area contributed by atoms with Crippen LogP contribution in [0, 0.1) is 11.8 Å². The molecule has 0 radical (unpaired) electrons. The maximum absolute atomic E-state index is 13.6. The second-order valence-corrected chi connectivity index (χ2v) is 8.67. The van der Waals surface area contributed by atoms with Crippen LogP contribution >= 0.6 is 0 Å². The fourth-order valence-corrected chi connectivity index (χ4v) is 5.81. The molecule has 4 atom stereocenters. The smallest absolute Gasteiger partial charge is 0.238 e. The maximum atomic E-state index is 13.6. The van der Waals surface area contributed by atoms with Gasteiger partial charge in [-0.05, 0) is 43.7 Å². The number of rotatable bonds is 4. The first-order valence-corrected chi connectivity index (χ1v) is 10.8. The fraction of sp³-hybridized carbons (Fsp3) is 0.565. The van der Waals surface area contributed by atoms with Crippen molar-refractivity contribution in [2.45, 2.75) is 50.2 Å². The summed E-state index contributed by atoms with van der Waals surface area (Å²) in [5.74, 6) is -1.25. The number of carbonyl (C=O) groups excluding carboxylic acids is 2. The highest BCUT2D eigenvalue weighted by atomic mass is 16.5. The van der Waals surface area contributed by atoms with Crippen LogP contribution in [0.2, 0.25) is 0 Å². The number of hydrogen-bond acceptors (Lipinski definition) is 4. The third-order valence-corrected chi connectivity index (χ3v) is 7.18. The minimum Gasteiger partial charge on any atom is -0.467 e. The largest absolute Gasteiger partial charge is 0.467 e. The van der Waals surface area contributed by atoms with Crippen LogP contribution in [0.3, 0.4) is 0 Å². The molecule has 2 saturated heterocycles. The monoisotopic (exact) mass is 396 g/mol. The van der Waals surface area contributed by atoms with Crippen LogP contribution in [-0.2, 0) is 14.3 Å². The van der Waals surface area contributed by atoms with Crippen LogP contribution in [0.5, 0.6) is 5.75 Å². The first-order chi connectivity index (χ1) is 14.1. The van der Waals surface area contributed by atoms with Crippen molar-refractivity contribution in [2.24, 2.45) is 17.6 Å². The Balaban J connectivity index is 1.57. The van der Waals surface area contributed by atoms with Crippen molar-refractivity contribution in [3.05, 3.63) is 41.5 Å². The summed E-state index contributed by atoms with van der Waals surface area (Å²) >= 11 is 0. The number of nitrogens with two attached hydrogens (primary N) is 1. The quantitative estimate of drug-likeness (QED) is 0.627. The lowest BCUT2D eigenvalue weighted by Gasteiger charge is -2.60. The molecular weight excluding hydrogens is 368 g/mol. The zero-order valence-electron chi connectivity index (χ0n) is 16.6. The molecular formula is C23H28N2O4. The molecule has 4 unspecified atom stereocenters. The molecule has 3 aliphatic heterocycles. The van der Waals surface area contributed by atoms with Gasteiger partial charge in [-0.15, -0.1) is 0 Å². The molecule has 6 heteroatoms. The second kappa shape index (κ2) is 7.17. The van der Waals surface area contributed by atoms with E-state index in [4.69, 9.17) is 15.2 Å². The van der Waals surface area contributed by atoms with Crippen LogP contribution in [0.25, 0.3) is 0 Å². The molecule has 2 fully saturated rings. The molecule has 2 N–H and O–H groups in total. The molecule has 154 valence electrons. The number of fused-ring (bicyclic) bond motifs is 2. The average molecular weight is 396 g/mol. The van der Waals surface area contributed by atoms with Gasteiger partial charge in [0.15, 0.2) is 5.72 Å². The Morgan fingerprint density at radius 3 is 2.93 bits per heavy atom. The summed E-state index contributed by atoms with van der Waals surface area (Å²) in [5, 5.41) is 0. The zero-order chi connectivity index (χ0) is 20.0. The minimum atomic E-state index is -0.875. The molecule has 1 aromatic rings. The highest BCUT2D eigenvalue weighted by molar-refractivity contribution is 6.02. The molecule has 4 aliphatic rings. The summed E-state index contributed by atoms with van der Waals surface area (Å²) < 4.78 is 12.4. The Morgan fingerprint density at radius 2 is 2.14 bits per heavy atom. The number of hydrogen-bond donors (Lipinski definition) is 1. The molecule has 0 spiro atoms. The van der Waals surface area contributed by atoms with Gasteiger partial charge in [-0.2, -0.15) is 0 Å². The number of para-hydroxylation sites is 1. The lowest BCUT2D eigenvalue weighted by atomic mass is 9.64. The molecule has 6 nitrogen and oxygen atoms in total. The summed E-state index contributed by atoms with van der Waals surface area (Å²) in [6, 6.07) is 7.74. The van der Waals surface area contributed by atoms with Crippen molar-refractivity contribution in [2.75, 3.05) is 19.8 Å². The minimum absolute atomic E-state index is 0.0957. The van der Waals surface area contributed by atoms with Crippen molar-refractivity contribution < 1.29 is 19.1 Å². The normalized spacial score (nSPS) is 33.2. The van der Waals surface area contributed by atoms with Gasteiger partial charge in [0.25, 0.3) is 0 Å². The van der Waals surface area contributed by atoms with Gasteiger partial charge in [0, 0.05) is 18.9 Å². The number of nitrogens with zero attached hydrogens (tertiary/aromatic N) is 1. The van der Waals surface area contributed by atoms with E-state index in [-0.39, 0.29) is 17.7 Å². The molecule has 0 aromatic heterocycles. The van der Waals surface area contributed by atoms with E-state index >= 15 is 0 Å². The third-order valence-electron chi connectivity index (χ3n) is 7.18. The van der Waals surface area contributed by atoms with E-state index in [0.29, 0.717) is 26.2 Å². The Kier molecular flexibility index (Phi) is 4.62. The Morgan fingerprint density at radius 1 is 1.28 bits per heavy atom. The van der Waals surface area contributed by atoms with E-state index in [2.05, 4.69) is 6.08 Å². The van der Waals surface area contributed by atoms with Crippen molar-refractivity contribution in [3.63, 3.8) is 0 Å². The summed E-state index contributed by atoms with van der Waals surface area (Å²) in [7, 11) is 0. The van der Waals surface area contributed by atoms with Crippen LogP contribution in [-0.4, -0.2) is 42.2 Å². The van der Waals surface area contributed by atoms with Gasteiger partial charge < -0.3 is 20.1 Å². The van der Waals surface area contributed by atoms with Crippen molar-refractivity contribution in [1.29, 1.82) is 0 Å². The van der Waals surface area contributed by atoms with Gasteiger partial charge in [-0.25, -0.2) is 0 Å². The van der Waals surface area contributed by atoms with E-state index in [0.717, 1.165) is 30.6 Å². The molecule has 1 aliphatic carbocycles. The molecule has 2 amide bonds. The predicted octanol–water partition coefficient (Wildman–Crippen LogP) is 2.73. The van der Waals surface area contributed by atoms with Gasteiger partial charge in [-0.1, -0.05) is 29.8 Å². The number of ether oxygens (including phenoxy) is 2. The highest BCUT2D eigenvalue weighted by Gasteiger charge is 2.64. The molecule has 5 rings (SSSR count). The number of amides is 2. The number of benzene rings is 1. The summed E-state index contributed by atoms with van der Waals surface area (Å²) in [6.07, 6.45) is 8.38. The third kappa shape index (κ3) is 2.88. The molecule has 0 saturated carbocycles.